The summed E-state index contributed by atoms with van der Waals surface area (Å²) >= 11 is 0. The Balaban J connectivity index is 2.96. The van der Waals surface area contributed by atoms with Crippen LogP contribution >= 0.6 is 0 Å². The molecule has 1 N–H and O–H groups in total. The minimum absolute atomic E-state index is 0.0600. The highest BCUT2D eigenvalue weighted by molar-refractivity contribution is 5.98. The molecule has 23 heavy (non-hydrogen) atoms. The first-order valence-corrected chi connectivity index (χ1v) is 7.32. The molecule has 0 saturated heterocycles. The second kappa shape index (κ2) is 9.58. The van der Waals surface area contributed by atoms with Crippen LogP contribution in [0.2, 0.25) is 0 Å². The third kappa shape index (κ3) is 5.71. The van der Waals surface area contributed by atoms with Crippen molar-refractivity contribution in [2.45, 2.75) is 13.0 Å². The third-order valence-electron chi connectivity index (χ3n) is 3.38. The van der Waals surface area contributed by atoms with E-state index in [1.807, 2.05) is 30.3 Å². The molecule has 5 nitrogen and oxygen atoms in total. The van der Waals surface area contributed by atoms with Crippen LogP contribution < -0.4 is 0 Å². The lowest BCUT2D eigenvalue weighted by Gasteiger charge is -2.25. The lowest BCUT2D eigenvalue weighted by atomic mass is 9.98. The molecule has 0 aliphatic rings. The number of hydrogen-bond donors (Lipinski definition) is 1. The molecule has 0 spiro atoms. The third-order valence-corrected chi connectivity index (χ3v) is 3.38. The number of rotatable bonds is 9. The zero-order valence-corrected chi connectivity index (χ0v) is 13.4. The summed E-state index contributed by atoms with van der Waals surface area (Å²) in [7, 11) is 1.24. The van der Waals surface area contributed by atoms with Crippen molar-refractivity contribution in [1.29, 1.82) is 0 Å². The molecule has 124 valence electrons. The van der Waals surface area contributed by atoms with Gasteiger partial charge in [-0.1, -0.05) is 48.6 Å². The first-order chi connectivity index (χ1) is 11.0. The highest BCUT2D eigenvalue weighted by Gasteiger charge is 2.31. The quantitative estimate of drug-likeness (QED) is 0.429. The molecule has 1 amide bonds. The molecule has 1 rings (SSSR count). The second-order valence-corrected chi connectivity index (χ2v) is 5.18. The maximum Gasteiger partial charge on any atom is 0.318 e. The monoisotopic (exact) mass is 317 g/mol. The predicted molar refractivity (Wildman–Crippen MR) is 88.4 cm³/mol. The number of methoxy groups -OCH3 is 1. The minimum Gasteiger partial charge on any atom is -0.468 e. The van der Waals surface area contributed by atoms with Crippen molar-refractivity contribution >= 4 is 11.9 Å². The molecule has 5 heteroatoms. The van der Waals surface area contributed by atoms with Gasteiger partial charge in [0.25, 0.3) is 0 Å². The van der Waals surface area contributed by atoms with Crippen LogP contribution in [0.25, 0.3) is 0 Å². The van der Waals surface area contributed by atoms with Gasteiger partial charge < -0.3 is 14.7 Å². The first kappa shape index (κ1) is 18.6. The Hall–Kier alpha value is -2.40. The van der Waals surface area contributed by atoms with E-state index in [2.05, 4.69) is 13.2 Å². The molecule has 0 aliphatic carbocycles. The molecule has 1 unspecified atom stereocenters. The maximum absolute atomic E-state index is 12.7. The number of aliphatic hydroxyl groups is 1. The van der Waals surface area contributed by atoms with Crippen LogP contribution in [0.15, 0.2) is 55.1 Å². The van der Waals surface area contributed by atoms with Gasteiger partial charge in [-0.2, -0.15) is 0 Å². The van der Waals surface area contributed by atoms with Crippen molar-refractivity contribution in [2.75, 3.05) is 20.3 Å². The van der Waals surface area contributed by atoms with Crippen LogP contribution in [0.4, 0.5) is 0 Å². The fourth-order valence-electron chi connectivity index (χ4n) is 2.18. The van der Waals surface area contributed by atoms with Gasteiger partial charge in [-0.25, -0.2) is 0 Å². The summed E-state index contributed by atoms with van der Waals surface area (Å²) in [5.41, 5.74) is 1.36. The Kier molecular flexibility index (Phi) is 7.77. The van der Waals surface area contributed by atoms with Gasteiger partial charge >= 0.3 is 5.97 Å². The largest absolute Gasteiger partial charge is 0.468 e. The number of hydrogen-bond acceptors (Lipinski definition) is 4. The van der Waals surface area contributed by atoms with E-state index in [0.29, 0.717) is 18.7 Å². The molecular weight excluding hydrogens is 294 g/mol. The van der Waals surface area contributed by atoms with Gasteiger partial charge in [-0.15, -0.1) is 6.58 Å². The average molecular weight is 317 g/mol. The molecule has 0 aliphatic heterocycles. The Labute approximate surface area is 136 Å². The van der Waals surface area contributed by atoms with Crippen LogP contribution in [-0.4, -0.2) is 42.1 Å². The van der Waals surface area contributed by atoms with Gasteiger partial charge in [-0.3, -0.25) is 9.59 Å². The van der Waals surface area contributed by atoms with Gasteiger partial charge in [0.2, 0.25) is 5.91 Å². The maximum atomic E-state index is 12.7. The molecule has 1 aromatic carbocycles. The van der Waals surface area contributed by atoms with Crippen molar-refractivity contribution in [1.82, 2.24) is 4.90 Å². The van der Waals surface area contributed by atoms with Crippen LogP contribution in [0, 0.1) is 5.92 Å². The van der Waals surface area contributed by atoms with Crippen molar-refractivity contribution in [3.05, 3.63) is 60.7 Å². The summed E-state index contributed by atoms with van der Waals surface area (Å²) in [6.45, 7) is 7.71. The lowest BCUT2D eigenvalue weighted by molar-refractivity contribution is -0.153. The van der Waals surface area contributed by atoms with E-state index in [0.717, 1.165) is 5.56 Å². The SMILES string of the molecule is C=CCN(Cc1ccccc1)C(=O)C(CC(=C)CO)C(=O)OC. The Morgan fingerprint density at radius 2 is 2.00 bits per heavy atom. The molecule has 1 aromatic rings. The van der Waals surface area contributed by atoms with Crippen LogP contribution in [0.3, 0.4) is 0 Å². The van der Waals surface area contributed by atoms with E-state index in [4.69, 9.17) is 9.84 Å². The number of carbonyl (C=O) groups excluding carboxylic acids is 2. The fourth-order valence-corrected chi connectivity index (χ4v) is 2.18. The number of ether oxygens (including phenoxy) is 1. The summed E-state index contributed by atoms with van der Waals surface area (Å²) in [6.07, 6.45) is 1.67. The number of amides is 1. The summed E-state index contributed by atoms with van der Waals surface area (Å²) in [6, 6.07) is 9.48. The molecular formula is C18H23NO4. The zero-order valence-electron chi connectivity index (χ0n) is 13.4. The number of carbonyl (C=O) groups is 2. The van der Waals surface area contributed by atoms with Gasteiger partial charge in [0.15, 0.2) is 0 Å². The van der Waals surface area contributed by atoms with E-state index in [1.165, 1.54) is 12.0 Å². The first-order valence-electron chi connectivity index (χ1n) is 7.32. The summed E-state index contributed by atoms with van der Waals surface area (Å²) in [5, 5.41) is 9.10. The standard InChI is InChI=1S/C18H23NO4/c1-4-10-19(12-15-8-6-5-7-9-15)17(21)16(18(22)23-3)11-14(2)13-20/h4-9,16,20H,1-2,10-13H2,3H3. The summed E-state index contributed by atoms with van der Waals surface area (Å²) in [5.74, 6) is -2.01. The van der Waals surface area contributed by atoms with Gasteiger partial charge in [0.1, 0.15) is 5.92 Å². The van der Waals surface area contributed by atoms with Crippen LogP contribution in [-0.2, 0) is 20.9 Å². The van der Waals surface area contributed by atoms with Gasteiger partial charge in [0, 0.05) is 13.1 Å². The van der Waals surface area contributed by atoms with Gasteiger partial charge in [-0.05, 0) is 12.0 Å². The van der Waals surface area contributed by atoms with E-state index < -0.39 is 11.9 Å². The molecule has 0 bridgehead atoms. The highest BCUT2D eigenvalue weighted by atomic mass is 16.5. The predicted octanol–water partition coefficient (Wildman–Crippen LogP) is 1.93. The second-order valence-electron chi connectivity index (χ2n) is 5.18. The number of aliphatic hydroxyl groups excluding tert-OH is 1. The van der Waals surface area contributed by atoms with Gasteiger partial charge in [0.05, 0.1) is 13.7 Å². The molecule has 0 heterocycles. The average Bonchev–Trinajstić information content (AvgIpc) is 2.58. The summed E-state index contributed by atoms with van der Waals surface area (Å²) < 4.78 is 4.72. The van der Waals surface area contributed by atoms with Crippen molar-refractivity contribution in [3.63, 3.8) is 0 Å². The minimum atomic E-state index is -1.01. The molecule has 0 fully saturated rings. The van der Waals surface area contributed by atoms with E-state index in [1.54, 1.807) is 6.08 Å². The molecule has 0 radical (unpaired) electrons. The normalized spacial score (nSPS) is 11.4. The molecule has 0 aromatic heterocycles. The smallest absolute Gasteiger partial charge is 0.318 e. The molecule has 0 saturated carbocycles. The molecule has 1 atom stereocenters. The van der Waals surface area contributed by atoms with Crippen molar-refractivity contribution < 1.29 is 19.4 Å². The van der Waals surface area contributed by atoms with Crippen molar-refractivity contribution in [3.8, 4) is 0 Å². The Morgan fingerprint density at radius 3 is 2.52 bits per heavy atom. The zero-order chi connectivity index (χ0) is 17.2. The highest BCUT2D eigenvalue weighted by Crippen LogP contribution is 2.17. The number of esters is 1. The van der Waals surface area contributed by atoms with E-state index in [-0.39, 0.29) is 18.9 Å². The van der Waals surface area contributed by atoms with E-state index >= 15 is 0 Å². The Morgan fingerprint density at radius 1 is 1.35 bits per heavy atom. The number of benzene rings is 1. The van der Waals surface area contributed by atoms with Crippen LogP contribution in [0.1, 0.15) is 12.0 Å². The van der Waals surface area contributed by atoms with Crippen LogP contribution in [0.5, 0.6) is 0 Å². The Bertz CT molecular complexity index is 553. The number of nitrogens with zero attached hydrogens (tertiary/aromatic N) is 1. The summed E-state index contributed by atoms with van der Waals surface area (Å²) in [4.78, 5) is 26.2. The van der Waals surface area contributed by atoms with Crippen molar-refractivity contribution in [2.24, 2.45) is 5.92 Å². The topological polar surface area (TPSA) is 66.8 Å². The fraction of sp³-hybridized carbons (Fsp3) is 0.333. The van der Waals surface area contributed by atoms with E-state index in [9.17, 15) is 9.59 Å². The lowest BCUT2D eigenvalue weighted by Crippen LogP contribution is -2.40.